The normalized spacial score (nSPS) is 29.2. The summed E-state index contributed by atoms with van der Waals surface area (Å²) in [6.07, 6.45) is 3.69. The van der Waals surface area contributed by atoms with Gasteiger partial charge in [-0.1, -0.05) is 36.2 Å². The van der Waals surface area contributed by atoms with Crippen LogP contribution in [-0.4, -0.2) is 22.9 Å². The molecule has 94 valence electrons. The Bertz CT molecular complexity index is 342. The third-order valence-corrected chi connectivity index (χ3v) is 3.99. The number of hydrogen-bond acceptors (Lipinski definition) is 2. The van der Waals surface area contributed by atoms with Crippen molar-refractivity contribution in [3.8, 4) is 0 Å². The summed E-state index contributed by atoms with van der Waals surface area (Å²) in [6, 6.07) is 8.48. The predicted octanol–water partition coefficient (Wildman–Crippen LogP) is 2.62. The molecular formula is C15H22O2. The van der Waals surface area contributed by atoms with Crippen LogP contribution in [0.2, 0.25) is 0 Å². The van der Waals surface area contributed by atoms with Gasteiger partial charge < -0.3 is 10.2 Å². The Morgan fingerprint density at radius 3 is 2.53 bits per heavy atom. The minimum Gasteiger partial charge on any atom is -0.396 e. The molecule has 3 atom stereocenters. The minimum atomic E-state index is -0.293. The number of rotatable bonds is 3. The Kier molecular flexibility index (Phi) is 4.19. The van der Waals surface area contributed by atoms with Crippen LogP contribution in [0.1, 0.15) is 42.7 Å². The molecule has 2 heteroatoms. The molecule has 0 aliphatic heterocycles. The zero-order valence-electron chi connectivity index (χ0n) is 10.5. The Balaban J connectivity index is 2.11. The summed E-state index contributed by atoms with van der Waals surface area (Å²) in [4.78, 5) is 0. The molecule has 1 saturated carbocycles. The summed E-state index contributed by atoms with van der Waals surface area (Å²) in [5.74, 6) is 0.515. The van der Waals surface area contributed by atoms with Crippen LogP contribution in [0.15, 0.2) is 24.3 Å². The number of hydrogen-bond donors (Lipinski definition) is 2. The van der Waals surface area contributed by atoms with Crippen LogP contribution in [0.25, 0.3) is 0 Å². The van der Waals surface area contributed by atoms with Crippen molar-refractivity contribution in [2.24, 2.45) is 5.92 Å². The molecule has 2 nitrogen and oxygen atoms in total. The molecule has 1 aromatic rings. The van der Waals surface area contributed by atoms with E-state index in [0.717, 1.165) is 25.7 Å². The van der Waals surface area contributed by atoms with Crippen molar-refractivity contribution < 1.29 is 10.2 Å². The number of aliphatic hydroxyl groups is 2. The van der Waals surface area contributed by atoms with Crippen molar-refractivity contribution in [1.29, 1.82) is 0 Å². The van der Waals surface area contributed by atoms with E-state index in [1.54, 1.807) is 0 Å². The average Bonchev–Trinajstić information content (AvgIpc) is 2.34. The lowest BCUT2D eigenvalue weighted by molar-refractivity contribution is 0.0361. The lowest BCUT2D eigenvalue weighted by atomic mass is 9.74. The van der Waals surface area contributed by atoms with Crippen LogP contribution < -0.4 is 0 Å². The predicted molar refractivity (Wildman–Crippen MR) is 69.0 cm³/mol. The zero-order chi connectivity index (χ0) is 12.3. The molecule has 2 N–H and O–H groups in total. The van der Waals surface area contributed by atoms with Crippen molar-refractivity contribution in [2.75, 3.05) is 6.61 Å². The van der Waals surface area contributed by atoms with Gasteiger partial charge in [0, 0.05) is 12.5 Å². The van der Waals surface area contributed by atoms with E-state index in [1.807, 2.05) is 0 Å². The average molecular weight is 234 g/mol. The quantitative estimate of drug-likeness (QED) is 0.844. The van der Waals surface area contributed by atoms with Crippen molar-refractivity contribution in [1.82, 2.24) is 0 Å². The highest BCUT2D eigenvalue weighted by atomic mass is 16.3. The van der Waals surface area contributed by atoms with Gasteiger partial charge in [0.15, 0.2) is 0 Å². The number of aryl methyl sites for hydroxylation is 1. The van der Waals surface area contributed by atoms with E-state index in [2.05, 4.69) is 31.2 Å². The summed E-state index contributed by atoms with van der Waals surface area (Å²) in [5.41, 5.74) is 2.50. The van der Waals surface area contributed by atoms with E-state index in [1.165, 1.54) is 11.1 Å². The molecule has 0 spiro atoms. The van der Waals surface area contributed by atoms with Crippen molar-refractivity contribution >= 4 is 0 Å². The molecule has 1 aromatic carbocycles. The SMILES string of the molecule is Cc1ccc(C2CCCC(CCO)C2O)cc1. The van der Waals surface area contributed by atoms with E-state index in [0.29, 0.717) is 0 Å². The molecule has 0 heterocycles. The Morgan fingerprint density at radius 2 is 1.88 bits per heavy atom. The molecule has 0 bridgehead atoms. The molecule has 1 aliphatic rings. The highest BCUT2D eigenvalue weighted by Crippen LogP contribution is 2.37. The number of benzene rings is 1. The third kappa shape index (κ3) is 2.88. The first-order valence-corrected chi connectivity index (χ1v) is 6.58. The van der Waals surface area contributed by atoms with Crippen LogP contribution in [-0.2, 0) is 0 Å². The topological polar surface area (TPSA) is 40.5 Å². The highest BCUT2D eigenvalue weighted by Gasteiger charge is 2.32. The second kappa shape index (κ2) is 5.65. The maximum atomic E-state index is 10.4. The standard InChI is InChI=1S/C15H22O2/c1-11-5-7-12(8-6-11)14-4-2-3-13(9-10-16)15(14)17/h5-8,13-17H,2-4,9-10H2,1H3. The second-order valence-electron chi connectivity index (χ2n) is 5.21. The molecule has 0 saturated heterocycles. The highest BCUT2D eigenvalue weighted by molar-refractivity contribution is 5.26. The summed E-state index contributed by atoms with van der Waals surface area (Å²) >= 11 is 0. The van der Waals surface area contributed by atoms with Crippen molar-refractivity contribution in [3.05, 3.63) is 35.4 Å². The van der Waals surface area contributed by atoms with Gasteiger partial charge in [-0.3, -0.25) is 0 Å². The molecule has 2 rings (SSSR count). The zero-order valence-corrected chi connectivity index (χ0v) is 10.5. The van der Waals surface area contributed by atoms with Gasteiger partial charge in [0.1, 0.15) is 0 Å². The van der Waals surface area contributed by atoms with Crippen LogP contribution in [0.3, 0.4) is 0 Å². The van der Waals surface area contributed by atoms with Gasteiger partial charge in [-0.15, -0.1) is 0 Å². The van der Waals surface area contributed by atoms with Gasteiger partial charge in [0.05, 0.1) is 6.10 Å². The maximum absolute atomic E-state index is 10.4. The van der Waals surface area contributed by atoms with Crippen molar-refractivity contribution in [2.45, 2.75) is 44.6 Å². The number of aliphatic hydroxyl groups excluding tert-OH is 2. The summed E-state index contributed by atoms with van der Waals surface area (Å²) in [6.45, 7) is 2.26. The van der Waals surface area contributed by atoms with Gasteiger partial charge in [-0.25, -0.2) is 0 Å². The molecule has 1 fully saturated rings. The van der Waals surface area contributed by atoms with Crippen LogP contribution in [0.5, 0.6) is 0 Å². The van der Waals surface area contributed by atoms with Gasteiger partial charge in [0.2, 0.25) is 0 Å². The van der Waals surface area contributed by atoms with Gasteiger partial charge in [-0.2, -0.15) is 0 Å². The van der Waals surface area contributed by atoms with Gasteiger partial charge in [-0.05, 0) is 37.7 Å². The fraction of sp³-hybridized carbons (Fsp3) is 0.600. The van der Waals surface area contributed by atoms with Crippen LogP contribution in [0.4, 0.5) is 0 Å². The minimum absolute atomic E-state index is 0.183. The van der Waals surface area contributed by atoms with E-state index >= 15 is 0 Å². The molecule has 1 aliphatic carbocycles. The summed E-state index contributed by atoms with van der Waals surface area (Å²) in [7, 11) is 0. The van der Waals surface area contributed by atoms with Gasteiger partial charge in [0.25, 0.3) is 0 Å². The molecular weight excluding hydrogens is 212 g/mol. The molecule has 0 amide bonds. The second-order valence-corrected chi connectivity index (χ2v) is 5.21. The van der Waals surface area contributed by atoms with E-state index in [4.69, 9.17) is 5.11 Å². The van der Waals surface area contributed by atoms with Crippen LogP contribution >= 0.6 is 0 Å². The lowest BCUT2D eigenvalue weighted by Crippen LogP contribution is -2.32. The molecule has 3 unspecified atom stereocenters. The molecule has 0 aromatic heterocycles. The summed E-state index contributed by atoms with van der Waals surface area (Å²) < 4.78 is 0. The van der Waals surface area contributed by atoms with E-state index < -0.39 is 0 Å². The molecule has 0 radical (unpaired) electrons. The fourth-order valence-corrected chi connectivity index (χ4v) is 2.93. The van der Waals surface area contributed by atoms with Crippen molar-refractivity contribution in [3.63, 3.8) is 0 Å². The third-order valence-electron chi connectivity index (χ3n) is 3.99. The maximum Gasteiger partial charge on any atom is 0.0637 e. The molecule has 17 heavy (non-hydrogen) atoms. The first-order chi connectivity index (χ1) is 8.22. The fourth-order valence-electron chi connectivity index (χ4n) is 2.93. The smallest absolute Gasteiger partial charge is 0.0637 e. The lowest BCUT2D eigenvalue weighted by Gasteiger charge is -2.35. The van der Waals surface area contributed by atoms with E-state index in [9.17, 15) is 5.11 Å². The first kappa shape index (κ1) is 12.6. The Hall–Kier alpha value is -0.860. The first-order valence-electron chi connectivity index (χ1n) is 6.58. The monoisotopic (exact) mass is 234 g/mol. The van der Waals surface area contributed by atoms with Gasteiger partial charge >= 0.3 is 0 Å². The van der Waals surface area contributed by atoms with E-state index in [-0.39, 0.29) is 24.5 Å². The summed E-state index contributed by atoms with van der Waals surface area (Å²) in [5, 5.41) is 19.4. The Labute approximate surface area is 103 Å². The van der Waals surface area contributed by atoms with Crippen LogP contribution in [0, 0.1) is 12.8 Å². The Morgan fingerprint density at radius 1 is 1.18 bits per heavy atom. The largest absolute Gasteiger partial charge is 0.396 e.